The third-order valence-electron chi connectivity index (χ3n) is 4.88. The Morgan fingerprint density at radius 2 is 2.17 bits per heavy atom. The smallest absolute Gasteiger partial charge is 0.225 e. The second kappa shape index (κ2) is 7.17. The molecule has 0 spiro atoms. The number of hydrogen-bond donors (Lipinski definition) is 1. The van der Waals surface area contributed by atoms with E-state index in [9.17, 15) is 9.59 Å². The van der Waals surface area contributed by atoms with Crippen molar-refractivity contribution in [2.75, 3.05) is 33.2 Å². The molecule has 0 saturated carbocycles. The third-order valence-corrected chi connectivity index (χ3v) is 4.88. The van der Waals surface area contributed by atoms with Gasteiger partial charge in [-0.25, -0.2) is 0 Å². The summed E-state index contributed by atoms with van der Waals surface area (Å²) in [6.07, 6.45) is 5.64. The van der Waals surface area contributed by atoms with E-state index in [0.29, 0.717) is 19.5 Å². The van der Waals surface area contributed by atoms with Gasteiger partial charge in [0.2, 0.25) is 11.8 Å². The van der Waals surface area contributed by atoms with Crippen LogP contribution in [-0.4, -0.2) is 54.8 Å². The van der Waals surface area contributed by atoms with Gasteiger partial charge in [0, 0.05) is 26.6 Å². The number of likely N-dealkylation sites (tertiary alicyclic amines) is 2. The largest absolute Gasteiger partial charge is 0.468 e. The topological polar surface area (TPSA) is 65.8 Å². The molecule has 2 aliphatic heterocycles. The molecule has 3 rings (SSSR count). The first-order chi connectivity index (χ1) is 11.1. The molecule has 2 aliphatic rings. The number of furan rings is 1. The highest BCUT2D eigenvalue weighted by Crippen LogP contribution is 2.25. The Bertz CT molecular complexity index is 537. The van der Waals surface area contributed by atoms with E-state index in [0.717, 1.165) is 18.8 Å². The quantitative estimate of drug-likeness (QED) is 0.891. The van der Waals surface area contributed by atoms with Crippen LogP contribution in [0.25, 0.3) is 0 Å². The average molecular weight is 319 g/mol. The maximum atomic E-state index is 12.4. The van der Waals surface area contributed by atoms with Gasteiger partial charge in [0.15, 0.2) is 0 Å². The van der Waals surface area contributed by atoms with Gasteiger partial charge >= 0.3 is 0 Å². The predicted octanol–water partition coefficient (Wildman–Crippen LogP) is 1.40. The number of hydrogen-bond acceptors (Lipinski definition) is 4. The zero-order valence-electron chi connectivity index (χ0n) is 13.7. The Kier molecular flexibility index (Phi) is 5.00. The first kappa shape index (κ1) is 16.1. The molecule has 3 heterocycles. The maximum Gasteiger partial charge on any atom is 0.225 e. The first-order valence-corrected chi connectivity index (χ1v) is 8.44. The monoisotopic (exact) mass is 319 g/mol. The number of nitrogens with zero attached hydrogens (tertiary/aromatic N) is 2. The highest BCUT2D eigenvalue weighted by atomic mass is 16.3. The number of rotatable bonds is 5. The lowest BCUT2D eigenvalue weighted by atomic mass is 10.1. The van der Waals surface area contributed by atoms with Crippen molar-refractivity contribution in [1.82, 2.24) is 15.1 Å². The van der Waals surface area contributed by atoms with E-state index in [4.69, 9.17) is 4.42 Å². The van der Waals surface area contributed by atoms with Gasteiger partial charge in [-0.15, -0.1) is 0 Å². The van der Waals surface area contributed by atoms with Crippen LogP contribution < -0.4 is 5.32 Å². The fourth-order valence-corrected chi connectivity index (χ4v) is 3.50. The molecule has 0 bridgehead atoms. The highest BCUT2D eigenvalue weighted by molar-refractivity contribution is 5.89. The summed E-state index contributed by atoms with van der Waals surface area (Å²) in [5.41, 5.74) is 0. The molecule has 2 atom stereocenters. The molecule has 0 aliphatic carbocycles. The summed E-state index contributed by atoms with van der Waals surface area (Å²) in [6.45, 7) is 3.11. The molecule has 2 amide bonds. The van der Waals surface area contributed by atoms with Crippen molar-refractivity contribution in [3.8, 4) is 0 Å². The zero-order chi connectivity index (χ0) is 16.2. The van der Waals surface area contributed by atoms with Gasteiger partial charge in [0.1, 0.15) is 5.76 Å². The number of carbonyl (C=O) groups excluding carboxylic acids is 2. The normalized spacial score (nSPS) is 24.0. The number of nitrogens with one attached hydrogen (secondary N) is 1. The van der Waals surface area contributed by atoms with E-state index in [-0.39, 0.29) is 23.8 Å². The fraction of sp³-hybridized carbons (Fsp3) is 0.647. The van der Waals surface area contributed by atoms with Crippen LogP contribution in [0.5, 0.6) is 0 Å². The lowest BCUT2D eigenvalue weighted by molar-refractivity contribution is -0.128. The molecule has 2 unspecified atom stereocenters. The van der Waals surface area contributed by atoms with Gasteiger partial charge in [0.05, 0.1) is 18.2 Å². The Balaban J connectivity index is 1.60. The van der Waals surface area contributed by atoms with E-state index in [2.05, 4.69) is 10.2 Å². The number of carbonyl (C=O) groups is 2. The van der Waals surface area contributed by atoms with Crippen molar-refractivity contribution in [1.29, 1.82) is 0 Å². The first-order valence-electron chi connectivity index (χ1n) is 8.44. The van der Waals surface area contributed by atoms with Gasteiger partial charge in [0.25, 0.3) is 0 Å². The van der Waals surface area contributed by atoms with Crippen LogP contribution in [-0.2, 0) is 9.59 Å². The molecule has 23 heavy (non-hydrogen) atoms. The van der Waals surface area contributed by atoms with Crippen LogP contribution in [0.2, 0.25) is 0 Å². The summed E-state index contributed by atoms with van der Waals surface area (Å²) in [6, 6.07) is 3.93. The molecule has 1 aromatic heterocycles. The van der Waals surface area contributed by atoms with Crippen molar-refractivity contribution in [2.24, 2.45) is 5.92 Å². The fourth-order valence-electron chi connectivity index (χ4n) is 3.50. The van der Waals surface area contributed by atoms with Crippen molar-refractivity contribution in [3.05, 3.63) is 24.2 Å². The molecule has 6 nitrogen and oxygen atoms in total. The maximum absolute atomic E-state index is 12.4. The minimum absolute atomic E-state index is 0.0312. The molecule has 1 aromatic rings. The van der Waals surface area contributed by atoms with Crippen molar-refractivity contribution >= 4 is 11.8 Å². The summed E-state index contributed by atoms with van der Waals surface area (Å²) < 4.78 is 5.59. The van der Waals surface area contributed by atoms with Crippen LogP contribution in [0.1, 0.15) is 37.5 Å². The van der Waals surface area contributed by atoms with E-state index < -0.39 is 0 Å². The van der Waals surface area contributed by atoms with Crippen LogP contribution in [0.15, 0.2) is 22.8 Å². The summed E-state index contributed by atoms with van der Waals surface area (Å²) >= 11 is 0. The van der Waals surface area contributed by atoms with Crippen LogP contribution >= 0.6 is 0 Å². The van der Waals surface area contributed by atoms with Gasteiger partial charge in [-0.2, -0.15) is 0 Å². The van der Waals surface area contributed by atoms with Crippen LogP contribution in [0, 0.1) is 5.92 Å². The van der Waals surface area contributed by atoms with Crippen molar-refractivity contribution < 1.29 is 14.0 Å². The minimum atomic E-state index is -0.230. The van der Waals surface area contributed by atoms with E-state index in [1.807, 2.05) is 12.1 Å². The lowest BCUT2D eigenvalue weighted by Gasteiger charge is -2.33. The molecule has 126 valence electrons. The van der Waals surface area contributed by atoms with Crippen molar-refractivity contribution in [3.63, 3.8) is 0 Å². The Hall–Kier alpha value is -1.82. The third kappa shape index (κ3) is 3.75. The van der Waals surface area contributed by atoms with Crippen LogP contribution in [0.4, 0.5) is 0 Å². The summed E-state index contributed by atoms with van der Waals surface area (Å²) in [5, 5.41) is 3.03. The van der Waals surface area contributed by atoms with Gasteiger partial charge in [-0.05, 0) is 38.1 Å². The highest BCUT2D eigenvalue weighted by Gasteiger charge is 2.33. The number of amides is 2. The average Bonchev–Trinajstić information content (AvgIpc) is 3.19. The minimum Gasteiger partial charge on any atom is -0.468 e. The predicted molar refractivity (Wildman–Crippen MR) is 85.6 cm³/mol. The standard InChI is InChI=1S/C17H25N3O3/c1-19-12-13(10-16(19)21)17(22)18-11-14(15-6-5-9-23-15)20-7-3-2-4-8-20/h5-6,9,13-14H,2-4,7-8,10-12H2,1H3,(H,18,22). The van der Waals surface area contributed by atoms with Gasteiger partial charge in [-0.1, -0.05) is 6.42 Å². The molecule has 2 saturated heterocycles. The van der Waals surface area contributed by atoms with Crippen molar-refractivity contribution in [2.45, 2.75) is 31.7 Å². The zero-order valence-corrected chi connectivity index (χ0v) is 13.7. The molecule has 0 aromatic carbocycles. The molecular weight excluding hydrogens is 294 g/mol. The van der Waals surface area contributed by atoms with E-state index in [1.54, 1.807) is 18.2 Å². The summed E-state index contributed by atoms with van der Waals surface area (Å²) in [7, 11) is 1.75. The second-order valence-electron chi connectivity index (χ2n) is 6.55. The van der Waals surface area contributed by atoms with Crippen LogP contribution in [0.3, 0.4) is 0 Å². The molecular formula is C17H25N3O3. The molecule has 6 heteroatoms. The SMILES string of the molecule is CN1CC(C(=O)NCC(c2ccco2)N2CCCCC2)CC1=O. The Morgan fingerprint density at radius 1 is 1.39 bits per heavy atom. The molecule has 0 radical (unpaired) electrons. The lowest BCUT2D eigenvalue weighted by Crippen LogP contribution is -2.42. The Morgan fingerprint density at radius 3 is 2.78 bits per heavy atom. The molecule has 1 N–H and O–H groups in total. The van der Waals surface area contributed by atoms with Gasteiger partial charge < -0.3 is 14.6 Å². The number of piperidine rings is 1. The summed E-state index contributed by atoms with van der Waals surface area (Å²) in [4.78, 5) is 27.9. The molecule has 2 fully saturated rings. The summed E-state index contributed by atoms with van der Waals surface area (Å²) in [5.74, 6) is 0.679. The van der Waals surface area contributed by atoms with Gasteiger partial charge in [-0.3, -0.25) is 14.5 Å². The second-order valence-corrected chi connectivity index (χ2v) is 6.55. The van der Waals surface area contributed by atoms with E-state index >= 15 is 0 Å². The Labute approximate surface area is 136 Å². The van der Waals surface area contributed by atoms with E-state index in [1.165, 1.54) is 19.3 Å².